The molecule has 1 aliphatic carbocycles. The monoisotopic (exact) mass is 303 g/mol. The number of hydrogen-bond donors (Lipinski definition) is 2. The Kier molecular flexibility index (Phi) is 7.40. The molecule has 0 atom stereocenters. The molecule has 4 nitrogen and oxygen atoms in total. The van der Waals surface area contributed by atoms with Gasteiger partial charge in [-0.3, -0.25) is 4.99 Å². The zero-order chi connectivity index (χ0) is 15.6. The van der Waals surface area contributed by atoms with Crippen molar-refractivity contribution in [1.82, 2.24) is 0 Å². The SMILES string of the molecule is NCC/N=C(\CCN)c1cccc(OCC2CCCCC2)c1. The zero-order valence-corrected chi connectivity index (χ0v) is 13.5. The molecule has 1 fully saturated rings. The van der Waals surface area contributed by atoms with Crippen LogP contribution in [0.2, 0.25) is 0 Å². The van der Waals surface area contributed by atoms with Crippen molar-refractivity contribution in [1.29, 1.82) is 0 Å². The van der Waals surface area contributed by atoms with Crippen LogP contribution in [0.15, 0.2) is 29.3 Å². The molecule has 0 unspecified atom stereocenters. The summed E-state index contributed by atoms with van der Waals surface area (Å²) in [4.78, 5) is 4.55. The molecule has 0 aliphatic heterocycles. The lowest BCUT2D eigenvalue weighted by atomic mass is 9.90. The van der Waals surface area contributed by atoms with Gasteiger partial charge in [-0.2, -0.15) is 0 Å². The lowest BCUT2D eigenvalue weighted by Gasteiger charge is -2.21. The minimum absolute atomic E-state index is 0.561. The molecule has 2 rings (SSSR count). The molecule has 0 bridgehead atoms. The van der Waals surface area contributed by atoms with Crippen molar-refractivity contribution in [2.45, 2.75) is 38.5 Å². The van der Waals surface area contributed by atoms with E-state index in [2.05, 4.69) is 17.1 Å². The second-order valence-electron chi connectivity index (χ2n) is 6.00. The van der Waals surface area contributed by atoms with Gasteiger partial charge in [0.15, 0.2) is 0 Å². The fourth-order valence-electron chi connectivity index (χ4n) is 2.98. The first-order valence-electron chi connectivity index (χ1n) is 8.50. The number of aliphatic imine (C=N–C) groups is 1. The lowest BCUT2D eigenvalue weighted by molar-refractivity contribution is 0.209. The maximum atomic E-state index is 6.01. The van der Waals surface area contributed by atoms with Crippen molar-refractivity contribution < 1.29 is 4.74 Å². The minimum Gasteiger partial charge on any atom is -0.493 e. The molecule has 0 spiro atoms. The Labute approximate surface area is 133 Å². The first kappa shape index (κ1) is 17.0. The van der Waals surface area contributed by atoms with Gasteiger partial charge in [0.1, 0.15) is 5.75 Å². The molecular formula is C18H29N3O. The fourth-order valence-corrected chi connectivity index (χ4v) is 2.98. The molecule has 4 heteroatoms. The van der Waals surface area contributed by atoms with Gasteiger partial charge in [-0.15, -0.1) is 0 Å². The first-order chi connectivity index (χ1) is 10.8. The van der Waals surface area contributed by atoms with Gasteiger partial charge in [0.2, 0.25) is 0 Å². The molecule has 0 amide bonds. The van der Waals surface area contributed by atoms with Crippen LogP contribution in [0.1, 0.15) is 44.1 Å². The summed E-state index contributed by atoms with van der Waals surface area (Å²) in [6.45, 7) is 2.63. The molecule has 1 aliphatic rings. The Balaban J connectivity index is 1.98. The summed E-state index contributed by atoms with van der Waals surface area (Å²) in [5, 5.41) is 0. The van der Waals surface area contributed by atoms with Crippen LogP contribution < -0.4 is 16.2 Å². The second-order valence-corrected chi connectivity index (χ2v) is 6.00. The highest BCUT2D eigenvalue weighted by Crippen LogP contribution is 2.25. The molecule has 22 heavy (non-hydrogen) atoms. The molecule has 0 heterocycles. The zero-order valence-electron chi connectivity index (χ0n) is 13.5. The lowest BCUT2D eigenvalue weighted by Crippen LogP contribution is -2.16. The second kappa shape index (κ2) is 9.59. The van der Waals surface area contributed by atoms with Gasteiger partial charge in [-0.05, 0) is 43.0 Å². The summed E-state index contributed by atoms with van der Waals surface area (Å²) in [7, 11) is 0. The van der Waals surface area contributed by atoms with Crippen molar-refractivity contribution in [3.8, 4) is 5.75 Å². The summed E-state index contributed by atoms with van der Waals surface area (Å²) in [5.41, 5.74) is 13.4. The molecule has 0 aromatic heterocycles. The number of nitrogens with two attached hydrogens (primary N) is 2. The fraction of sp³-hybridized carbons (Fsp3) is 0.611. The Morgan fingerprint density at radius 1 is 1.14 bits per heavy atom. The summed E-state index contributed by atoms with van der Waals surface area (Å²) in [5.74, 6) is 1.65. The van der Waals surface area contributed by atoms with Gasteiger partial charge >= 0.3 is 0 Å². The molecule has 4 N–H and O–H groups in total. The number of benzene rings is 1. The number of hydrogen-bond acceptors (Lipinski definition) is 4. The van der Waals surface area contributed by atoms with Gasteiger partial charge in [0, 0.05) is 18.7 Å². The summed E-state index contributed by atoms with van der Waals surface area (Å²) in [6, 6.07) is 8.20. The third-order valence-corrected chi connectivity index (χ3v) is 4.19. The van der Waals surface area contributed by atoms with Gasteiger partial charge in [0.25, 0.3) is 0 Å². The van der Waals surface area contributed by atoms with E-state index in [1.54, 1.807) is 0 Å². The first-order valence-corrected chi connectivity index (χ1v) is 8.50. The van der Waals surface area contributed by atoms with E-state index >= 15 is 0 Å². The minimum atomic E-state index is 0.561. The molecule has 0 radical (unpaired) electrons. The van der Waals surface area contributed by atoms with Crippen LogP contribution in [0.5, 0.6) is 5.75 Å². The average Bonchev–Trinajstić information content (AvgIpc) is 2.58. The van der Waals surface area contributed by atoms with E-state index in [4.69, 9.17) is 16.2 Å². The average molecular weight is 303 g/mol. The smallest absolute Gasteiger partial charge is 0.119 e. The van der Waals surface area contributed by atoms with Crippen molar-refractivity contribution >= 4 is 5.71 Å². The number of rotatable bonds is 8. The van der Waals surface area contributed by atoms with E-state index < -0.39 is 0 Å². The van der Waals surface area contributed by atoms with Crippen LogP contribution in [0.4, 0.5) is 0 Å². The van der Waals surface area contributed by atoms with E-state index in [1.165, 1.54) is 32.1 Å². The molecule has 1 aromatic rings. The van der Waals surface area contributed by atoms with Crippen molar-refractivity contribution in [2.24, 2.45) is 22.4 Å². The van der Waals surface area contributed by atoms with Gasteiger partial charge < -0.3 is 16.2 Å². The number of ether oxygens (including phenoxy) is 1. The Bertz CT molecular complexity index is 467. The Morgan fingerprint density at radius 2 is 1.95 bits per heavy atom. The quantitative estimate of drug-likeness (QED) is 0.725. The summed E-state index contributed by atoms with van der Waals surface area (Å²) in [6.07, 6.45) is 7.45. The highest BCUT2D eigenvalue weighted by molar-refractivity contribution is 6.01. The van der Waals surface area contributed by atoms with E-state index in [1.807, 2.05) is 12.1 Å². The van der Waals surface area contributed by atoms with Crippen LogP contribution in [0.25, 0.3) is 0 Å². The predicted molar refractivity (Wildman–Crippen MR) is 92.6 cm³/mol. The van der Waals surface area contributed by atoms with E-state index in [0.29, 0.717) is 25.6 Å². The predicted octanol–water partition coefficient (Wildman–Crippen LogP) is 2.74. The van der Waals surface area contributed by atoms with Crippen molar-refractivity contribution in [3.05, 3.63) is 29.8 Å². The molecule has 1 saturated carbocycles. The van der Waals surface area contributed by atoms with Crippen molar-refractivity contribution in [2.75, 3.05) is 26.2 Å². The molecule has 1 aromatic carbocycles. The summed E-state index contributed by atoms with van der Waals surface area (Å²) >= 11 is 0. The maximum Gasteiger partial charge on any atom is 0.119 e. The van der Waals surface area contributed by atoms with Gasteiger partial charge in [-0.25, -0.2) is 0 Å². The van der Waals surface area contributed by atoms with Crippen LogP contribution in [-0.4, -0.2) is 32.0 Å². The van der Waals surface area contributed by atoms with Crippen LogP contribution in [0, 0.1) is 5.92 Å². The van der Waals surface area contributed by atoms with Crippen LogP contribution >= 0.6 is 0 Å². The normalized spacial score (nSPS) is 16.7. The summed E-state index contributed by atoms with van der Waals surface area (Å²) < 4.78 is 6.01. The van der Waals surface area contributed by atoms with Crippen LogP contribution in [-0.2, 0) is 0 Å². The van der Waals surface area contributed by atoms with Gasteiger partial charge in [0.05, 0.1) is 13.2 Å². The highest BCUT2D eigenvalue weighted by atomic mass is 16.5. The Morgan fingerprint density at radius 3 is 2.68 bits per heavy atom. The van der Waals surface area contributed by atoms with E-state index in [-0.39, 0.29) is 0 Å². The van der Waals surface area contributed by atoms with E-state index in [9.17, 15) is 0 Å². The van der Waals surface area contributed by atoms with E-state index in [0.717, 1.165) is 30.1 Å². The topological polar surface area (TPSA) is 73.6 Å². The maximum absolute atomic E-state index is 6.01. The van der Waals surface area contributed by atoms with Gasteiger partial charge in [-0.1, -0.05) is 31.4 Å². The molecular weight excluding hydrogens is 274 g/mol. The third-order valence-electron chi connectivity index (χ3n) is 4.19. The Hall–Kier alpha value is -1.39. The molecule has 0 saturated heterocycles. The van der Waals surface area contributed by atoms with Crippen molar-refractivity contribution in [3.63, 3.8) is 0 Å². The third kappa shape index (κ3) is 5.43. The highest BCUT2D eigenvalue weighted by Gasteiger charge is 2.14. The standard InChI is InChI=1S/C18H29N3O/c19-10-9-18(21-12-11-20)16-7-4-8-17(13-16)22-14-15-5-2-1-3-6-15/h4,7-8,13,15H,1-3,5-6,9-12,14,19-20H2/b21-18+. The van der Waals surface area contributed by atoms with Crippen LogP contribution in [0.3, 0.4) is 0 Å². The number of nitrogens with zero attached hydrogens (tertiary/aromatic N) is 1. The molecule has 122 valence electrons. The largest absolute Gasteiger partial charge is 0.493 e.